The molecule has 1 aromatic carbocycles. The molecule has 0 spiro atoms. The molecule has 2 aromatic heterocycles. The average molecular weight is 394 g/mol. The average Bonchev–Trinajstić information content (AvgIpc) is 3.47. The molecule has 1 aliphatic carbocycles. The first-order valence-corrected chi connectivity index (χ1v) is 9.58. The van der Waals surface area contributed by atoms with Gasteiger partial charge in [0.05, 0.1) is 17.1 Å². The Morgan fingerprint density at radius 3 is 2.69 bits per heavy atom. The Labute approximate surface area is 165 Å². The Hall–Kier alpha value is -3.36. The first-order chi connectivity index (χ1) is 14.0. The van der Waals surface area contributed by atoms with Crippen LogP contribution in [0.2, 0.25) is 0 Å². The number of carbonyl (C=O) groups excluding carboxylic acids is 1. The van der Waals surface area contributed by atoms with Gasteiger partial charge in [0.25, 0.3) is 11.5 Å². The fraction of sp³-hybridized carbons (Fsp3) is 0.350. The Bertz CT molecular complexity index is 1160. The highest BCUT2D eigenvalue weighted by Crippen LogP contribution is 2.42. The zero-order chi connectivity index (χ0) is 20.1. The third-order valence-electron chi connectivity index (χ3n) is 5.47. The van der Waals surface area contributed by atoms with E-state index in [1.807, 2.05) is 0 Å². The quantitative estimate of drug-likeness (QED) is 0.673. The second-order valence-corrected chi connectivity index (χ2v) is 7.54. The van der Waals surface area contributed by atoms with Crippen molar-refractivity contribution in [1.29, 1.82) is 0 Å². The molecule has 9 heteroatoms. The lowest BCUT2D eigenvalue weighted by molar-refractivity contribution is 0.0725. The molecule has 1 aliphatic heterocycles. The number of halogens is 1. The third kappa shape index (κ3) is 3.12. The maximum atomic E-state index is 13.3. The summed E-state index contributed by atoms with van der Waals surface area (Å²) < 4.78 is 16.2. The van der Waals surface area contributed by atoms with Crippen LogP contribution in [0.4, 0.5) is 4.39 Å². The summed E-state index contributed by atoms with van der Waals surface area (Å²) in [6.07, 6.45) is 2.52. The van der Waals surface area contributed by atoms with E-state index in [1.54, 1.807) is 34.8 Å². The number of aromatic nitrogens is 5. The van der Waals surface area contributed by atoms with Crippen molar-refractivity contribution >= 4 is 5.91 Å². The molecular weight excluding hydrogens is 375 g/mol. The number of carbonyl (C=O) groups is 1. The number of hydrogen-bond acceptors (Lipinski definition) is 5. The molecule has 2 aliphatic rings. The van der Waals surface area contributed by atoms with Crippen molar-refractivity contribution in [3.63, 3.8) is 0 Å². The van der Waals surface area contributed by atoms with Crippen LogP contribution in [-0.4, -0.2) is 42.1 Å². The first kappa shape index (κ1) is 17.7. The Kier molecular flexibility index (Phi) is 4.04. The number of aryl methyl sites for hydroxylation is 1. The number of benzene rings is 1. The number of hydrogen-bond donors (Lipinski definition) is 0. The molecule has 0 bridgehead atoms. The molecule has 1 amide bonds. The number of amides is 1. The second kappa shape index (κ2) is 6.61. The minimum Gasteiger partial charge on any atom is -0.332 e. The lowest BCUT2D eigenvalue weighted by Crippen LogP contribution is -2.38. The maximum Gasteiger partial charge on any atom is 0.276 e. The molecule has 3 heterocycles. The lowest BCUT2D eigenvalue weighted by Gasteiger charge is -2.27. The van der Waals surface area contributed by atoms with Crippen molar-refractivity contribution in [2.75, 3.05) is 6.54 Å². The fourth-order valence-electron chi connectivity index (χ4n) is 3.75. The summed E-state index contributed by atoms with van der Waals surface area (Å²) >= 11 is 0. The van der Waals surface area contributed by atoms with E-state index in [-0.39, 0.29) is 23.2 Å². The highest BCUT2D eigenvalue weighted by Gasteiger charge is 2.36. The van der Waals surface area contributed by atoms with E-state index in [9.17, 15) is 14.0 Å². The first-order valence-electron chi connectivity index (χ1n) is 9.58. The van der Waals surface area contributed by atoms with Gasteiger partial charge in [-0.05, 0) is 37.1 Å². The van der Waals surface area contributed by atoms with Crippen molar-refractivity contribution in [1.82, 2.24) is 29.7 Å². The van der Waals surface area contributed by atoms with Crippen molar-refractivity contribution in [3.8, 4) is 5.69 Å². The topological polar surface area (TPSA) is 85.9 Å². The highest BCUT2D eigenvalue weighted by atomic mass is 19.1. The van der Waals surface area contributed by atoms with Crippen LogP contribution in [0.15, 0.2) is 35.1 Å². The fourth-order valence-corrected chi connectivity index (χ4v) is 3.75. The zero-order valence-corrected chi connectivity index (χ0v) is 15.9. The van der Waals surface area contributed by atoms with Crippen molar-refractivity contribution in [3.05, 3.63) is 69.1 Å². The highest BCUT2D eigenvalue weighted by molar-refractivity contribution is 5.94. The molecule has 8 nitrogen and oxygen atoms in total. The molecule has 5 rings (SSSR count). The smallest absolute Gasteiger partial charge is 0.276 e. The molecule has 3 aromatic rings. The minimum absolute atomic E-state index is 0.195. The van der Waals surface area contributed by atoms with Crippen LogP contribution < -0.4 is 5.56 Å². The normalized spacial score (nSPS) is 16.0. The zero-order valence-electron chi connectivity index (χ0n) is 15.9. The van der Waals surface area contributed by atoms with E-state index in [0.29, 0.717) is 30.9 Å². The molecule has 0 saturated heterocycles. The van der Waals surface area contributed by atoms with Gasteiger partial charge in [0.2, 0.25) is 0 Å². The van der Waals surface area contributed by atoms with Gasteiger partial charge < -0.3 is 4.90 Å². The molecule has 0 unspecified atom stereocenters. The summed E-state index contributed by atoms with van der Waals surface area (Å²) in [5, 5.41) is 12.7. The lowest BCUT2D eigenvalue weighted by atomic mass is 10.1. The van der Waals surface area contributed by atoms with Crippen molar-refractivity contribution < 1.29 is 9.18 Å². The monoisotopic (exact) mass is 394 g/mol. The van der Waals surface area contributed by atoms with Crippen molar-refractivity contribution in [2.24, 2.45) is 7.05 Å². The summed E-state index contributed by atoms with van der Waals surface area (Å²) in [5.74, 6) is -0.309. The van der Waals surface area contributed by atoms with Crippen LogP contribution in [-0.2, 0) is 20.0 Å². The molecule has 0 N–H and O–H groups in total. The van der Waals surface area contributed by atoms with Gasteiger partial charge in [-0.2, -0.15) is 5.10 Å². The maximum absolute atomic E-state index is 13.3. The standard InChI is InChI=1S/C20H19FN6O2/c1-25-17(28)10-13-11-26(9-8-16(13)23-25)20(29)18-19(12-2-3-12)27(24-22-18)15-6-4-14(21)5-7-15/h4-7,10,12H,2-3,8-9,11H2,1H3. The molecule has 148 valence electrons. The SMILES string of the molecule is Cn1nc2c(cc1=O)CN(C(=O)c1nnn(-c3ccc(F)cc3)c1C1CC1)CC2. The van der Waals surface area contributed by atoms with Gasteiger partial charge in [-0.15, -0.1) is 5.10 Å². The molecule has 29 heavy (non-hydrogen) atoms. The van der Waals surface area contributed by atoms with E-state index in [0.717, 1.165) is 29.8 Å². The molecule has 1 saturated carbocycles. The Morgan fingerprint density at radius 1 is 1.21 bits per heavy atom. The van der Waals surface area contributed by atoms with Crippen LogP contribution in [0.25, 0.3) is 5.69 Å². The predicted molar refractivity (Wildman–Crippen MR) is 101 cm³/mol. The van der Waals surface area contributed by atoms with Crippen LogP contribution in [0.1, 0.15) is 46.2 Å². The molecular formula is C20H19FN6O2. The van der Waals surface area contributed by atoms with Gasteiger partial charge in [0, 0.05) is 44.1 Å². The van der Waals surface area contributed by atoms with Gasteiger partial charge >= 0.3 is 0 Å². The van der Waals surface area contributed by atoms with Crippen LogP contribution in [0.5, 0.6) is 0 Å². The van der Waals surface area contributed by atoms with Crippen LogP contribution in [0.3, 0.4) is 0 Å². The number of rotatable bonds is 3. The number of nitrogens with zero attached hydrogens (tertiary/aromatic N) is 6. The van der Waals surface area contributed by atoms with E-state index >= 15 is 0 Å². The van der Waals surface area contributed by atoms with Crippen molar-refractivity contribution in [2.45, 2.75) is 31.7 Å². The summed E-state index contributed by atoms with van der Waals surface area (Å²) in [5.41, 5.74) is 3.20. The summed E-state index contributed by atoms with van der Waals surface area (Å²) in [7, 11) is 1.62. The number of fused-ring (bicyclic) bond motifs is 1. The van der Waals surface area contributed by atoms with Gasteiger partial charge in [0.1, 0.15) is 5.82 Å². The molecule has 0 atom stereocenters. The van der Waals surface area contributed by atoms with Gasteiger partial charge in [-0.25, -0.2) is 13.8 Å². The third-order valence-corrected chi connectivity index (χ3v) is 5.47. The largest absolute Gasteiger partial charge is 0.332 e. The molecule has 0 radical (unpaired) electrons. The van der Waals surface area contributed by atoms with Crippen LogP contribution in [0, 0.1) is 5.82 Å². The summed E-state index contributed by atoms with van der Waals surface area (Å²) in [4.78, 5) is 26.9. The van der Waals surface area contributed by atoms with Gasteiger partial charge in [-0.3, -0.25) is 9.59 Å². The van der Waals surface area contributed by atoms with Crippen LogP contribution >= 0.6 is 0 Å². The summed E-state index contributed by atoms with van der Waals surface area (Å²) in [6, 6.07) is 7.53. The summed E-state index contributed by atoms with van der Waals surface area (Å²) in [6.45, 7) is 0.829. The van der Waals surface area contributed by atoms with E-state index < -0.39 is 0 Å². The van der Waals surface area contributed by atoms with Gasteiger partial charge in [0.15, 0.2) is 5.69 Å². The minimum atomic E-state index is -0.329. The van der Waals surface area contributed by atoms with E-state index in [1.165, 1.54) is 16.8 Å². The Balaban J connectivity index is 1.48. The van der Waals surface area contributed by atoms with E-state index in [4.69, 9.17) is 0 Å². The molecule has 1 fully saturated rings. The second-order valence-electron chi connectivity index (χ2n) is 7.54. The Morgan fingerprint density at radius 2 is 1.97 bits per heavy atom. The predicted octanol–water partition coefficient (Wildman–Crippen LogP) is 1.58. The van der Waals surface area contributed by atoms with Gasteiger partial charge in [-0.1, -0.05) is 5.21 Å². The van der Waals surface area contributed by atoms with E-state index in [2.05, 4.69) is 15.4 Å².